The van der Waals surface area contributed by atoms with Crippen molar-refractivity contribution in [2.75, 3.05) is 26.2 Å². The molecule has 1 N–H and O–H groups in total. The van der Waals surface area contributed by atoms with E-state index >= 15 is 0 Å². The molecule has 2 heterocycles. The highest BCUT2D eigenvalue weighted by atomic mass is 16.3. The molecule has 2 atom stereocenters. The zero-order chi connectivity index (χ0) is 13.9. The van der Waals surface area contributed by atoms with Crippen LogP contribution in [0.1, 0.15) is 29.6 Å². The Morgan fingerprint density at radius 2 is 2.05 bits per heavy atom. The Balaban J connectivity index is 1.57. The zero-order valence-electron chi connectivity index (χ0n) is 11.6. The smallest absolute Gasteiger partial charge is 0.255 e. The van der Waals surface area contributed by atoms with Crippen LogP contribution in [0.15, 0.2) is 24.5 Å². The molecule has 5 heteroatoms. The van der Waals surface area contributed by atoms with Crippen molar-refractivity contribution >= 4 is 5.91 Å². The van der Waals surface area contributed by atoms with Crippen LogP contribution in [0.4, 0.5) is 0 Å². The van der Waals surface area contributed by atoms with E-state index in [1.807, 2.05) is 11.0 Å². The predicted octanol–water partition coefficient (Wildman–Crippen LogP) is 0.753. The number of aliphatic hydroxyl groups excluding tert-OH is 1. The monoisotopic (exact) mass is 275 g/mol. The lowest BCUT2D eigenvalue weighted by atomic mass is 10.1. The van der Waals surface area contributed by atoms with E-state index in [9.17, 15) is 9.90 Å². The number of nitrogens with zero attached hydrogens (tertiary/aromatic N) is 3. The molecule has 0 spiro atoms. The Hall–Kier alpha value is -1.46. The van der Waals surface area contributed by atoms with Crippen LogP contribution in [0, 0.1) is 0 Å². The molecule has 1 aromatic rings. The number of hydrogen-bond acceptors (Lipinski definition) is 4. The first-order chi connectivity index (χ1) is 9.75. The summed E-state index contributed by atoms with van der Waals surface area (Å²) >= 11 is 0. The van der Waals surface area contributed by atoms with E-state index in [4.69, 9.17) is 0 Å². The normalized spacial score (nSPS) is 27.8. The van der Waals surface area contributed by atoms with Crippen LogP contribution in [0.25, 0.3) is 0 Å². The largest absolute Gasteiger partial charge is 0.391 e. The summed E-state index contributed by atoms with van der Waals surface area (Å²) in [6.45, 7) is 3.18. The van der Waals surface area contributed by atoms with Crippen LogP contribution in [-0.4, -0.2) is 64.1 Å². The number of rotatable bonds is 2. The lowest BCUT2D eigenvalue weighted by Crippen LogP contribution is -2.53. The molecule has 0 bridgehead atoms. The van der Waals surface area contributed by atoms with Crippen LogP contribution < -0.4 is 0 Å². The third kappa shape index (κ3) is 2.69. The van der Waals surface area contributed by atoms with Crippen molar-refractivity contribution in [1.82, 2.24) is 14.8 Å². The van der Waals surface area contributed by atoms with E-state index < -0.39 is 0 Å². The minimum atomic E-state index is -0.185. The third-order valence-electron chi connectivity index (χ3n) is 4.42. The van der Waals surface area contributed by atoms with E-state index in [0.29, 0.717) is 11.6 Å². The van der Waals surface area contributed by atoms with E-state index in [1.54, 1.807) is 18.5 Å². The Kier molecular flexibility index (Phi) is 3.98. The van der Waals surface area contributed by atoms with Gasteiger partial charge < -0.3 is 10.0 Å². The maximum absolute atomic E-state index is 12.3. The topological polar surface area (TPSA) is 56.7 Å². The first-order valence-corrected chi connectivity index (χ1v) is 7.37. The number of aromatic nitrogens is 1. The average Bonchev–Trinajstić information content (AvgIpc) is 2.94. The molecular weight excluding hydrogens is 254 g/mol. The summed E-state index contributed by atoms with van der Waals surface area (Å²) in [5.74, 6) is 0.0599. The highest BCUT2D eigenvalue weighted by Gasteiger charge is 2.33. The number of piperazine rings is 1. The molecule has 1 aliphatic heterocycles. The predicted molar refractivity (Wildman–Crippen MR) is 75.4 cm³/mol. The number of aliphatic hydroxyl groups is 1. The molecule has 1 amide bonds. The average molecular weight is 275 g/mol. The Bertz CT molecular complexity index is 457. The number of carbonyl (C=O) groups is 1. The Morgan fingerprint density at radius 1 is 1.25 bits per heavy atom. The van der Waals surface area contributed by atoms with Crippen LogP contribution >= 0.6 is 0 Å². The molecule has 1 aromatic heterocycles. The highest BCUT2D eigenvalue weighted by Crippen LogP contribution is 2.25. The fourth-order valence-electron chi connectivity index (χ4n) is 3.28. The van der Waals surface area contributed by atoms with Crippen molar-refractivity contribution in [3.8, 4) is 0 Å². The molecule has 2 aliphatic rings. The second-order valence-electron chi connectivity index (χ2n) is 5.64. The summed E-state index contributed by atoms with van der Waals surface area (Å²) in [5, 5.41) is 9.96. The second-order valence-corrected chi connectivity index (χ2v) is 5.64. The minimum Gasteiger partial charge on any atom is -0.391 e. The molecule has 1 aliphatic carbocycles. The van der Waals surface area contributed by atoms with Crippen molar-refractivity contribution in [2.24, 2.45) is 0 Å². The fraction of sp³-hybridized carbons (Fsp3) is 0.600. The van der Waals surface area contributed by atoms with Crippen molar-refractivity contribution < 1.29 is 9.90 Å². The molecular formula is C15H21N3O2. The SMILES string of the molecule is O=C(c1cccnc1)N1CCN([C@@H]2CCC[C@H]2O)CC1. The fourth-order valence-corrected chi connectivity index (χ4v) is 3.28. The van der Waals surface area contributed by atoms with Crippen LogP contribution in [0.2, 0.25) is 0 Å². The molecule has 1 saturated heterocycles. The summed E-state index contributed by atoms with van der Waals surface area (Å²) in [5.41, 5.74) is 0.654. The number of amides is 1. The summed E-state index contributed by atoms with van der Waals surface area (Å²) in [6, 6.07) is 3.89. The molecule has 20 heavy (non-hydrogen) atoms. The minimum absolute atomic E-state index is 0.0599. The van der Waals surface area contributed by atoms with Gasteiger partial charge in [0.05, 0.1) is 11.7 Å². The van der Waals surface area contributed by atoms with Gasteiger partial charge in [-0.1, -0.05) is 0 Å². The van der Waals surface area contributed by atoms with Crippen LogP contribution in [0.5, 0.6) is 0 Å². The van der Waals surface area contributed by atoms with E-state index in [0.717, 1.165) is 45.4 Å². The summed E-state index contributed by atoms with van der Waals surface area (Å²) < 4.78 is 0. The molecule has 2 fully saturated rings. The quantitative estimate of drug-likeness (QED) is 0.865. The van der Waals surface area contributed by atoms with Gasteiger partial charge in [-0.15, -0.1) is 0 Å². The van der Waals surface area contributed by atoms with E-state index in [1.165, 1.54) is 0 Å². The molecule has 1 saturated carbocycles. The molecule has 0 radical (unpaired) electrons. The number of hydrogen-bond donors (Lipinski definition) is 1. The highest BCUT2D eigenvalue weighted by molar-refractivity contribution is 5.93. The molecule has 3 rings (SSSR count). The molecule has 0 aromatic carbocycles. The van der Waals surface area contributed by atoms with Crippen molar-refractivity contribution in [1.29, 1.82) is 0 Å². The zero-order valence-corrected chi connectivity index (χ0v) is 11.6. The van der Waals surface area contributed by atoms with E-state index in [-0.39, 0.29) is 12.0 Å². The van der Waals surface area contributed by atoms with Gasteiger partial charge in [0.25, 0.3) is 5.91 Å². The van der Waals surface area contributed by atoms with Gasteiger partial charge in [0.1, 0.15) is 0 Å². The van der Waals surface area contributed by atoms with Gasteiger partial charge in [0.15, 0.2) is 0 Å². The number of pyridine rings is 1. The van der Waals surface area contributed by atoms with E-state index in [2.05, 4.69) is 9.88 Å². The lowest BCUT2D eigenvalue weighted by Gasteiger charge is -2.39. The third-order valence-corrected chi connectivity index (χ3v) is 4.42. The van der Waals surface area contributed by atoms with Gasteiger partial charge in [-0.25, -0.2) is 0 Å². The summed E-state index contributed by atoms with van der Waals surface area (Å²) in [7, 11) is 0. The standard InChI is InChI=1S/C15H21N3O2/c19-14-5-1-4-13(14)17-7-9-18(10-8-17)15(20)12-3-2-6-16-11-12/h2-3,6,11,13-14,19H,1,4-5,7-10H2/t13-,14-/m1/s1. The maximum atomic E-state index is 12.3. The van der Waals surface area contributed by atoms with Crippen molar-refractivity contribution in [3.63, 3.8) is 0 Å². The van der Waals surface area contributed by atoms with Gasteiger partial charge >= 0.3 is 0 Å². The molecule has 5 nitrogen and oxygen atoms in total. The summed E-state index contributed by atoms with van der Waals surface area (Å²) in [6.07, 6.45) is 6.22. The van der Waals surface area contributed by atoms with Crippen LogP contribution in [0.3, 0.4) is 0 Å². The molecule has 0 unspecified atom stereocenters. The number of carbonyl (C=O) groups excluding carboxylic acids is 1. The Morgan fingerprint density at radius 3 is 2.65 bits per heavy atom. The summed E-state index contributed by atoms with van der Waals surface area (Å²) in [4.78, 5) is 20.5. The lowest BCUT2D eigenvalue weighted by molar-refractivity contribution is 0.0315. The van der Waals surface area contributed by atoms with Gasteiger partial charge in [-0.3, -0.25) is 14.7 Å². The molecule has 108 valence electrons. The maximum Gasteiger partial charge on any atom is 0.255 e. The van der Waals surface area contributed by atoms with Crippen LogP contribution in [-0.2, 0) is 0 Å². The van der Waals surface area contributed by atoms with Crippen molar-refractivity contribution in [3.05, 3.63) is 30.1 Å². The second kappa shape index (κ2) is 5.89. The Labute approximate surface area is 119 Å². The first kappa shape index (κ1) is 13.5. The van der Waals surface area contributed by atoms with Gasteiger partial charge in [0.2, 0.25) is 0 Å². The van der Waals surface area contributed by atoms with Crippen molar-refractivity contribution in [2.45, 2.75) is 31.4 Å². The van der Waals surface area contributed by atoms with Gasteiger partial charge in [-0.05, 0) is 31.4 Å². The van der Waals surface area contributed by atoms with Gasteiger partial charge in [0, 0.05) is 44.6 Å². The first-order valence-electron chi connectivity index (χ1n) is 7.37. The van der Waals surface area contributed by atoms with Gasteiger partial charge in [-0.2, -0.15) is 0 Å².